The van der Waals surface area contributed by atoms with Crippen molar-refractivity contribution in [1.29, 1.82) is 0 Å². The Labute approximate surface area is 120 Å². The average Bonchev–Trinajstić information content (AvgIpc) is 2.42. The summed E-state index contributed by atoms with van der Waals surface area (Å²) in [6.07, 6.45) is -3.36. The third kappa shape index (κ3) is 3.26. The molecule has 2 rings (SSSR count). The first-order chi connectivity index (χ1) is 9.82. The van der Waals surface area contributed by atoms with E-state index in [0.29, 0.717) is 17.7 Å². The maximum absolute atomic E-state index is 12.9. The van der Waals surface area contributed by atoms with Gasteiger partial charge in [-0.2, -0.15) is 13.2 Å². The van der Waals surface area contributed by atoms with Gasteiger partial charge in [0.25, 0.3) is 0 Å². The van der Waals surface area contributed by atoms with Crippen LogP contribution in [-0.2, 0) is 12.6 Å². The number of nitrogens with two attached hydrogens (primary N) is 1. The number of anilines is 1. The Morgan fingerprint density at radius 1 is 1.19 bits per heavy atom. The molecule has 3 nitrogen and oxygen atoms in total. The minimum atomic E-state index is -4.43. The normalized spacial score (nSPS) is 11.5. The van der Waals surface area contributed by atoms with Gasteiger partial charge in [-0.3, -0.25) is 0 Å². The summed E-state index contributed by atoms with van der Waals surface area (Å²) < 4.78 is 43.7. The van der Waals surface area contributed by atoms with Crippen LogP contribution in [0.1, 0.15) is 22.3 Å². The van der Waals surface area contributed by atoms with Crippen LogP contribution in [0.3, 0.4) is 0 Å². The number of hydrogen-bond donors (Lipinski definition) is 1. The molecule has 1 aromatic carbocycles. The fourth-order valence-electron chi connectivity index (χ4n) is 2.12. The lowest BCUT2D eigenvalue weighted by molar-refractivity contribution is -0.138. The van der Waals surface area contributed by atoms with E-state index in [2.05, 4.69) is 4.98 Å². The standard InChI is InChI=1S/C15H15F3N2O/c1-9-12(7-10-3-5-11(21-2)6-4-10)14(19)20-8-13(9)15(16,17)18/h3-6,8H,7H2,1-2H3,(H2,19,20). The number of benzene rings is 1. The molecule has 0 saturated heterocycles. The summed E-state index contributed by atoms with van der Waals surface area (Å²) >= 11 is 0. The zero-order valence-electron chi connectivity index (χ0n) is 11.7. The number of nitrogens with zero attached hydrogens (tertiary/aromatic N) is 1. The van der Waals surface area contributed by atoms with Crippen LogP contribution in [0.2, 0.25) is 0 Å². The minimum absolute atomic E-state index is 0.116. The van der Waals surface area contributed by atoms with Crippen LogP contribution in [0, 0.1) is 6.92 Å². The smallest absolute Gasteiger partial charge is 0.418 e. The summed E-state index contributed by atoms with van der Waals surface area (Å²) in [5.74, 6) is 0.807. The van der Waals surface area contributed by atoms with Crippen LogP contribution in [0.5, 0.6) is 5.75 Å². The molecule has 0 aliphatic rings. The molecule has 2 N–H and O–H groups in total. The zero-order chi connectivity index (χ0) is 15.6. The van der Waals surface area contributed by atoms with E-state index >= 15 is 0 Å². The number of alkyl halides is 3. The summed E-state index contributed by atoms with van der Waals surface area (Å²) in [5.41, 5.74) is 6.34. The first-order valence-electron chi connectivity index (χ1n) is 6.27. The van der Waals surface area contributed by atoms with Crippen molar-refractivity contribution in [2.45, 2.75) is 19.5 Å². The van der Waals surface area contributed by atoms with Crippen molar-refractivity contribution in [3.05, 3.63) is 52.7 Å². The average molecular weight is 296 g/mol. The quantitative estimate of drug-likeness (QED) is 0.941. The van der Waals surface area contributed by atoms with E-state index < -0.39 is 11.7 Å². The summed E-state index contributed by atoms with van der Waals surface area (Å²) in [7, 11) is 1.55. The fraction of sp³-hybridized carbons (Fsp3) is 0.267. The van der Waals surface area contributed by atoms with Gasteiger partial charge in [0, 0.05) is 18.2 Å². The molecular formula is C15H15F3N2O. The summed E-state index contributed by atoms with van der Waals surface area (Å²) in [5, 5.41) is 0. The number of methoxy groups -OCH3 is 1. The van der Waals surface area contributed by atoms with E-state index in [1.54, 1.807) is 31.4 Å². The third-order valence-electron chi connectivity index (χ3n) is 3.34. The van der Waals surface area contributed by atoms with Crippen molar-refractivity contribution in [2.75, 3.05) is 12.8 Å². The molecule has 0 aliphatic carbocycles. The monoisotopic (exact) mass is 296 g/mol. The van der Waals surface area contributed by atoms with E-state index in [1.165, 1.54) is 6.92 Å². The largest absolute Gasteiger partial charge is 0.497 e. The number of rotatable bonds is 3. The summed E-state index contributed by atoms with van der Waals surface area (Å²) in [4.78, 5) is 3.67. The van der Waals surface area contributed by atoms with Crippen LogP contribution in [0.25, 0.3) is 0 Å². The third-order valence-corrected chi connectivity index (χ3v) is 3.34. The van der Waals surface area contributed by atoms with Crippen molar-refractivity contribution in [3.8, 4) is 5.75 Å². The maximum Gasteiger partial charge on any atom is 0.418 e. The molecule has 0 spiro atoms. The lowest BCUT2D eigenvalue weighted by Gasteiger charge is -2.15. The van der Waals surface area contributed by atoms with Gasteiger partial charge >= 0.3 is 6.18 Å². The molecule has 21 heavy (non-hydrogen) atoms. The maximum atomic E-state index is 12.9. The highest BCUT2D eigenvalue weighted by molar-refractivity contribution is 5.50. The fourth-order valence-corrected chi connectivity index (χ4v) is 2.12. The number of nitrogen functional groups attached to an aromatic ring is 1. The summed E-state index contributed by atoms with van der Waals surface area (Å²) in [6.45, 7) is 1.42. The van der Waals surface area contributed by atoms with E-state index in [4.69, 9.17) is 10.5 Å². The van der Waals surface area contributed by atoms with Gasteiger partial charge in [-0.25, -0.2) is 4.98 Å². The van der Waals surface area contributed by atoms with Crippen LogP contribution >= 0.6 is 0 Å². The van der Waals surface area contributed by atoms with Crippen LogP contribution in [-0.4, -0.2) is 12.1 Å². The highest BCUT2D eigenvalue weighted by Gasteiger charge is 2.34. The van der Waals surface area contributed by atoms with Crippen molar-refractivity contribution in [2.24, 2.45) is 0 Å². The van der Waals surface area contributed by atoms with Gasteiger partial charge in [0.2, 0.25) is 0 Å². The van der Waals surface area contributed by atoms with Crippen molar-refractivity contribution in [1.82, 2.24) is 4.98 Å². The van der Waals surface area contributed by atoms with Crippen LogP contribution < -0.4 is 10.5 Å². The molecule has 0 fully saturated rings. The predicted molar refractivity (Wildman–Crippen MR) is 74.2 cm³/mol. The Balaban J connectivity index is 2.38. The molecule has 0 radical (unpaired) electrons. The predicted octanol–water partition coefficient (Wildman–Crippen LogP) is 3.59. The number of pyridine rings is 1. The van der Waals surface area contributed by atoms with Gasteiger partial charge in [0.05, 0.1) is 12.7 Å². The number of ether oxygens (including phenoxy) is 1. The molecule has 2 aromatic rings. The first kappa shape index (κ1) is 15.2. The molecule has 0 unspecified atom stereocenters. The molecule has 6 heteroatoms. The lowest BCUT2D eigenvalue weighted by atomic mass is 9.98. The zero-order valence-corrected chi connectivity index (χ0v) is 11.7. The molecular weight excluding hydrogens is 281 g/mol. The summed E-state index contributed by atoms with van der Waals surface area (Å²) in [6, 6.07) is 7.08. The molecule has 1 heterocycles. The molecule has 0 aliphatic heterocycles. The molecule has 112 valence electrons. The Kier molecular flexibility index (Phi) is 4.06. The minimum Gasteiger partial charge on any atom is -0.497 e. The molecule has 0 atom stereocenters. The molecule has 1 aromatic heterocycles. The van der Waals surface area contributed by atoms with E-state index in [-0.39, 0.29) is 11.4 Å². The van der Waals surface area contributed by atoms with Crippen LogP contribution in [0.4, 0.5) is 19.0 Å². The van der Waals surface area contributed by atoms with E-state index in [9.17, 15) is 13.2 Å². The number of halogens is 3. The SMILES string of the molecule is COc1ccc(Cc2c(N)ncc(C(F)(F)F)c2C)cc1. The van der Waals surface area contributed by atoms with Gasteiger partial charge in [0.15, 0.2) is 0 Å². The highest BCUT2D eigenvalue weighted by Crippen LogP contribution is 2.34. The van der Waals surface area contributed by atoms with Crippen molar-refractivity contribution in [3.63, 3.8) is 0 Å². The van der Waals surface area contributed by atoms with Crippen LogP contribution in [0.15, 0.2) is 30.5 Å². The first-order valence-corrected chi connectivity index (χ1v) is 6.27. The second-order valence-electron chi connectivity index (χ2n) is 4.68. The van der Waals surface area contributed by atoms with Gasteiger partial charge in [-0.15, -0.1) is 0 Å². The molecule has 0 saturated carbocycles. The molecule has 0 bridgehead atoms. The topological polar surface area (TPSA) is 48.1 Å². The Morgan fingerprint density at radius 2 is 1.81 bits per heavy atom. The van der Waals surface area contributed by atoms with Crippen molar-refractivity contribution < 1.29 is 17.9 Å². The number of aromatic nitrogens is 1. The Bertz CT molecular complexity index is 637. The second-order valence-corrected chi connectivity index (χ2v) is 4.68. The van der Waals surface area contributed by atoms with Gasteiger partial charge in [-0.05, 0) is 30.2 Å². The van der Waals surface area contributed by atoms with Gasteiger partial charge in [-0.1, -0.05) is 12.1 Å². The van der Waals surface area contributed by atoms with E-state index in [1.807, 2.05) is 0 Å². The Morgan fingerprint density at radius 3 is 2.33 bits per heavy atom. The second kappa shape index (κ2) is 5.63. The van der Waals surface area contributed by atoms with Crippen molar-refractivity contribution >= 4 is 5.82 Å². The lowest BCUT2D eigenvalue weighted by Crippen LogP contribution is -2.12. The van der Waals surface area contributed by atoms with Gasteiger partial charge in [0.1, 0.15) is 11.6 Å². The Hall–Kier alpha value is -2.24. The van der Waals surface area contributed by atoms with E-state index in [0.717, 1.165) is 11.8 Å². The molecule has 0 amide bonds. The van der Waals surface area contributed by atoms with Gasteiger partial charge < -0.3 is 10.5 Å². The highest BCUT2D eigenvalue weighted by atomic mass is 19.4. The number of hydrogen-bond acceptors (Lipinski definition) is 3.